The number of primary amides is 1. The van der Waals surface area contributed by atoms with Crippen molar-refractivity contribution in [3.05, 3.63) is 51.8 Å². The molecule has 4 rings (SSSR count). The first-order valence-electron chi connectivity index (χ1n) is 10.2. The largest absolute Gasteiger partial charge is 0.508 e. The van der Waals surface area contributed by atoms with Crippen molar-refractivity contribution < 1.29 is 34.8 Å². The lowest BCUT2D eigenvalue weighted by atomic mass is 9.54. The van der Waals surface area contributed by atoms with Crippen molar-refractivity contribution in [1.29, 1.82) is 0 Å². The molecule has 9 nitrogen and oxygen atoms in total. The number of amides is 1. The number of hydrogen-bond donors (Lipinski definition) is 5. The van der Waals surface area contributed by atoms with E-state index in [1.807, 2.05) is 0 Å². The highest BCUT2D eigenvalue weighted by atomic mass is 16.3. The van der Waals surface area contributed by atoms with Crippen LogP contribution in [0.25, 0.3) is 5.76 Å². The predicted octanol–water partition coefficient (Wildman–Crippen LogP) is 0.232. The summed E-state index contributed by atoms with van der Waals surface area (Å²) in [6.07, 6.45) is -0.118. The predicted molar refractivity (Wildman–Crippen MR) is 113 cm³/mol. The molecular formula is C23H26N2O7. The van der Waals surface area contributed by atoms with Crippen molar-refractivity contribution in [1.82, 2.24) is 4.90 Å². The average Bonchev–Trinajstić information content (AvgIpc) is 2.68. The van der Waals surface area contributed by atoms with E-state index in [0.29, 0.717) is 11.1 Å². The van der Waals surface area contributed by atoms with Crippen LogP contribution in [0.4, 0.5) is 0 Å². The van der Waals surface area contributed by atoms with E-state index < -0.39 is 63.6 Å². The zero-order valence-electron chi connectivity index (χ0n) is 18.2. The second-order valence-electron chi connectivity index (χ2n) is 9.26. The van der Waals surface area contributed by atoms with E-state index in [4.69, 9.17) is 5.73 Å². The second kappa shape index (κ2) is 6.74. The van der Waals surface area contributed by atoms with Crippen LogP contribution < -0.4 is 5.73 Å². The summed E-state index contributed by atoms with van der Waals surface area (Å²) in [5.74, 6) is -6.83. The minimum Gasteiger partial charge on any atom is -0.508 e. The average molecular weight is 442 g/mol. The highest BCUT2D eigenvalue weighted by molar-refractivity contribution is 6.24. The number of fused-ring (bicyclic) bond motifs is 3. The van der Waals surface area contributed by atoms with Crippen LogP contribution in [0, 0.1) is 18.8 Å². The molecule has 0 aromatic heterocycles. The topological polar surface area (TPSA) is 161 Å². The minimum atomic E-state index is -2.66. The zero-order chi connectivity index (χ0) is 23.9. The van der Waals surface area contributed by atoms with Crippen LogP contribution in [0.2, 0.25) is 0 Å². The summed E-state index contributed by atoms with van der Waals surface area (Å²) in [5, 5.41) is 45.0. The highest BCUT2D eigenvalue weighted by Gasteiger charge is 2.66. The number of Topliss-reactive ketones (excluding diaryl/α,β-unsaturated/α-hetero) is 2. The SMILES string of the molecule is Cc1cccc2c1C(O)=C1C(=O)[C@]3(O)C(O)=C(C(N)=O)C(=O)[C@@H](N(C)C)[C@@H]3C[C@@H]1[C@]2(C)O. The number of aliphatic hydroxyl groups is 4. The molecule has 0 heterocycles. The van der Waals surface area contributed by atoms with Crippen molar-refractivity contribution in [2.45, 2.75) is 37.5 Å². The van der Waals surface area contributed by atoms with Crippen LogP contribution in [0.3, 0.4) is 0 Å². The highest BCUT2D eigenvalue weighted by Crippen LogP contribution is 2.56. The number of benzene rings is 1. The molecule has 3 aliphatic carbocycles. The second-order valence-corrected chi connectivity index (χ2v) is 9.26. The molecule has 1 amide bonds. The van der Waals surface area contributed by atoms with E-state index in [1.165, 1.54) is 25.9 Å². The van der Waals surface area contributed by atoms with Crippen LogP contribution in [-0.2, 0) is 20.0 Å². The molecule has 1 aromatic rings. The van der Waals surface area contributed by atoms with E-state index in [-0.39, 0.29) is 17.6 Å². The number of aryl methyl sites for hydroxylation is 1. The Bertz CT molecular complexity index is 1150. The van der Waals surface area contributed by atoms with Crippen LogP contribution in [-0.4, -0.2) is 68.5 Å². The fourth-order valence-electron chi connectivity index (χ4n) is 5.69. The van der Waals surface area contributed by atoms with E-state index in [1.54, 1.807) is 25.1 Å². The molecule has 1 saturated carbocycles. The number of nitrogens with zero attached hydrogens (tertiary/aromatic N) is 1. The minimum absolute atomic E-state index is 0.118. The molecule has 0 bridgehead atoms. The lowest BCUT2D eigenvalue weighted by Gasteiger charge is -2.53. The Morgan fingerprint density at radius 1 is 1.19 bits per heavy atom. The van der Waals surface area contributed by atoms with Crippen molar-refractivity contribution in [3.63, 3.8) is 0 Å². The smallest absolute Gasteiger partial charge is 0.255 e. The molecular weight excluding hydrogens is 416 g/mol. The van der Waals surface area contributed by atoms with Gasteiger partial charge in [-0.2, -0.15) is 0 Å². The number of likely N-dealkylation sites (N-methyl/N-ethyl adjacent to an activating group) is 1. The van der Waals surface area contributed by atoms with E-state index in [0.717, 1.165) is 0 Å². The Balaban J connectivity index is 2.05. The molecule has 5 atom stereocenters. The van der Waals surface area contributed by atoms with Gasteiger partial charge in [0.2, 0.25) is 5.78 Å². The summed E-state index contributed by atoms with van der Waals surface area (Å²) in [6, 6.07) is 3.92. The maximum Gasteiger partial charge on any atom is 0.255 e. The number of aliphatic hydroxyl groups excluding tert-OH is 2. The molecule has 1 aromatic carbocycles. The number of carbonyl (C=O) groups excluding carboxylic acids is 3. The summed E-state index contributed by atoms with van der Waals surface area (Å²) in [5.41, 5.74) is 1.24. The van der Waals surface area contributed by atoms with Gasteiger partial charge in [0.1, 0.15) is 17.1 Å². The molecule has 0 spiro atoms. The number of nitrogens with two attached hydrogens (primary N) is 1. The van der Waals surface area contributed by atoms with Gasteiger partial charge in [-0.05, 0) is 45.5 Å². The van der Waals surface area contributed by atoms with Gasteiger partial charge in [-0.3, -0.25) is 19.3 Å². The van der Waals surface area contributed by atoms with Crippen molar-refractivity contribution in [3.8, 4) is 0 Å². The molecule has 0 radical (unpaired) electrons. The van der Waals surface area contributed by atoms with E-state index in [2.05, 4.69) is 0 Å². The Morgan fingerprint density at radius 2 is 1.81 bits per heavy atom. The van der Waals surface area contributed by atoms with Crippen LogP contribution >= 0.6 is 0 Å². The summed E-state index contributed by atoms with van der Waals surface area (Å²) >= 11 is 0. The third kappa shape index (κ3) is 2.52. The molecule has 0 saturated heterocycles. The number of hydrogen-bond acceptors (Lipinski definition) is 8. The Hall–Kier alpha value is -3.01. The third-order valence-corrected chi connectivity index (χ3v) is 7.25. The van der Waals surface area contributed by atoms with Crippen molar-refractivity contribution in [2.75, 3.05) is 14.1 Å². The molecule has 1 fully saturated rings. The van der Waals surface area contributed by atoms with Gasteiger partial charge in [-0.1, -0.05) is 18.2 Å². The lowest BCUT2D eigenvalue weighted by molar-refractivity contribution is -0.159. The number of ketones is 2. The normalized spacial score (nSPS) is 34.4. The molecule has 9 heteroatoms. The molecule has 6 N–H and O–H groups in total. The first-order valence-corrected chi connectivity index (χ1v) is 10.2. The maximum atomic E-state index is 13.7. The summed E-state index contributed by atoms with van der Waals surface area (Å²) in [6.45, 7) is 3.22. The molecule has 170 valence electrons. The number of rotatable bonds is 2. The van der Waals surface area contributed by atoms with Gasteiger partial charge in [0.15, 0.2) is 11.4 Å². The zero-order valence-corrected chi connectivity index (χ0v) is 18.2. The molecule has 32 heavy (non-hydrogen) atoms. The fourth-order valence-corrected chi connectivity index (χ4v) is 5.69. The van der Waals surface area contributed by atoms with Crippen molar-refractivity contribution in [2.24, 2.45) is 17.6 Å². The van der Waals surface area contributed by atoms with E-state index in [9.17, 15) is 34.8 Å². The molecule has 0 unspecified atom stereocenters. The van der Waals surface area contributed by atoms with Gasteiger partial charge in [0, 0.05) is 23.0 Å². The maximum absolute atomic E-state index is 13.7. The van der Waals surface area contributed by atoms with Crippen molar-refractivity contribution >= 4 is 23.2 Å². The monoisotopic (exact) mass is 442 g/mol. The lowest BCUT2D eigenvalue weighted by Crippen LogP contribution is -2.67. The third-order valence-electron chi connectivity index (χ3n) is 7.25. The number of carbonyl (C=O) groups is 3. The molecule has 0 aliphatic heterocycles. The van der Waals surface area contributed by atoms with E-state index >= 15 is 0 Å². The summed E-state index contributed by atoms with van der Waals surface area (Å²) in [4.78, 5) is 40.2. The van der Waals surface area contributed by atoms with Crippen LogP contribution in [0.5, 0.6) is 0 Å². The Labute approximate surface area is 184 Å². The summed E-state index contributed by atoms with van der Waals surface area (Å²) in [7, 11) is 3.07. The van der Waals surface area contributed by atoms with Gasteiger partial charge in [0.05, 0.1) is 11.6 Å². The van der Waals surface area contributed by atoms with Gasteiger partial charge in [-0.25, -0.2) is 0 Å². The van der Waals surface area contributed by atoms with Gasteiger partial charge >= 0.3 is 0 Å². The quantitative estimate of drug-likeness (QED) is 0.407. The van der Waals surface area contributed by atoms with Gasteiger partial charge < -0.3 is 26.2 Å². The first-order chi connectivity index (χ1) is 14.8. The first kappa shape index (κ1) is 22.2. The Kier molecular flexibility index (Phi) is 4.68. The van der Waals surface area contributed by atoms with Gasteiger partial charge in [-0.15, -0.1) is 0 Å². The fraction of sp³-hybridized carbons (Fsp3) is 0.435. The summed E-state index contributed by atoms with van der Waals surface area (Å²) < 4.78 is 0. The van der Waals surface area contributed by atoms with Gasteiger partial charge in [0.25, 0.3) is 5.91 Å². The van der Waals surface area contributed by atoms with Crippen LogP contribution in [0.15, 0.2) is 35.1 Å². The standard InChI is InChI=1S/C23H26N2O7/c1-9-6-5-7-10-13(9)17(26)14-11(22(10,2)31)8-12-16(25(3)4)18(27)15(21(24)30)20(29)23(12,32)19(14)28/h5-7,11-12,16,26,29,31-32H,8H2,1-4H3,(H2,24,30)/t11-,12-,16-,22+,23-/m0/s1. The Morgan fingerprint density at radius 3 is 2.38 bits per heavy atom. The van der Waals surface area contributed by atoms with Crippen LogP contribution in [0.1, 0.15) is 30.0 Å². The molecule has 3 aliphatic rings.